The number of carbonyl (C=O) groups excluding carboxylic acids is 3. The molecule has 0 bridgehead atoms. The van der Waals surface area contributed by atoms with Crippen molar-refractivity contribution in [1.29, 1.82) is 0 Å². The number of unbranched alkanes of at least 4 members (excludes halogenated alkanes) is 1. The number of likely N-dealkylation sites (tertiary alicyclic amines) is 1. The third-order valence-electron chi connectivity index (χ3n) is 20.9. The molecule has 3 heterocycles. The van der Waals surface area contributed by atoms with Gasteiger partial charge in [-0.15, -0.1) is 12.8 Å². The molecule has 17 nitrogen and oxygen atoms in total. The molecule has 21 heteroatoms. The van der Waals surface area contributed by atoms with Gasteiger partial charge in [0.2, 0.25) is 0 Å². The van der Waals surface area contributed by atoms with E-state index >= 15 is 0 Å². The van der Waals surface area contributed by atoms with Gasteiger partial charge in [-0.2, -0.15) is 0 Å². The van der Waals surface area contributed by atoms with Crippen molar-refractivity contribution in [2.75, 3.05) is 59.1 Å². The average molecular weight is 1740 g/mol. The Bertz CT molecular complexity index is 5030. The fraction of sp³-hybridized carbons (Fsp3) is 0.350. The molecule has 656 valence electrons. The van der Waals surface area contributed by atoms with E-state index in [9.17, 15) is 27.2 Å². The van der Waals surface area contributed by atoms with E-state index in [1.54, 1.807) is 61.5 Å². The average Bonchev–Trinajstić information content (AvgIpc) is 1.69. The number of terminal acetylenes is 2. The van der Waals surface area contributed by atoms with Crippen LogP contribution in [0.3, 0.4) is 0 Å². The van der Waals surface area contributed by atoms with Crippen LogP contribution in [-0.2, 0) is 52.8 Å². The lowest BCUT2D eigenvalue weighted by Gasteiger charge is -2.26. The van der Waals surface area contributed by atoms with Gasteiger partial charge in [-0.3, -0.25) is 24.6 Å². The summed E-state index contributed by atoms with van der Waals surface area (Å²) in [7, 11) is -0.998. The van der Waals surface area contributed by atoms with Gasteiger partial charge in [0.1, 0.15) is 35.3 Å². The molecule has 9 aromatic carbocycles. The van der Waals surface area contributed by atoms with Crippen LogP contribution in [0.5, 0.6) is 5.75 Å². The van der Waals surface area contributed by atoms with Gasteiger partial charge in [-0.05, 0) is 222 Å². The summed E-state index contributed by atoms with van der Waals surface area (Å²) in [5, 5.41) is 17.8. The maximum atomic E-state index is 13.1. The number of hydrogen-bond acceptors (Lipinski definition) is 15. The number of fused-ring (bicyclic) bond motifs is 2. The SMILES string of the molecule is C#CCN(C)[C@H](C)Cc1ccccc1.C#CCN[C@@H]1CCc2ccccc21.CC(=O)[C@H](C)NCc1ccc(OCc2cccc(F)c2)cc1.CCCCc1ccccc1.CCCNC(=O)c1ccc(Cl)cn1.CS(=O)(=O)Cc1noc2ccccc12.N[C@@H]1C[C@H]1c1ccccc1.N[C@H]1C[C@@H]1c1ccccc1.O=C(NCCN1CCCCC1)c1ccc(Cl)cc1. The largest absolute Gasteiger partial charge is 0.489 e. The third-order valence-corrected chi connectivity index (χ3v) is 22.2. The second kappa shape index (κ2) is 56.3. The standard InChI is InChI=1S/C18H20FNO2.C14H19ClN2O.C13H17N.C12H13N.C10H14.C9H11ClN2O.C9H9NO3S.2C9H11N/c1-13(14(2)21)20-11-15-6-8-18(9-7-15)22-12-16-4-3-5-17(19)10-16;15-13-6-4-12(5-7-13)14(18)16-8-11-17-9-2-1-3-10-17;1-4-10-14(3)12(2)11-13-8-6-5-7-9-13;1-2-9-13-12-8-7-10-5-3-4-6-11(10)12;1-2-3-7-10-8-5-4-6-9-10;1-2-5-11-9(13)8-4-3-7(10)6-12-8;1-14(11,12)6-8-7-4-2-3-5-9(7)13-10-8;2*10-9-6-8(9)7-4-2-1-3-5-7/h3-10,13,20H,11-12H2,1-2H3;4-7H,1-3,8-11H2,(H,16,18);1,5-9,12H,10-11H2,2-3H3;1,3-6,12-13H,7-9H2;4-6,8-9H,2-3,7H2,1H3;3-4,6H,2,5H2,1H3,(H,11,13);2-5H,6H2,1H3;2*1-5,8-9H,6,10H2/t13-;;2*12-;;;;2*8-,9+/m0.11...10/s1. The maximum Gasteiger partial charge on any atom is 0.269 e. The molecule has 1 aliphatic heterocycles. The number of para-hydroxylation sites is 1. The Balaban J connectivity index is 0.000000194. The number of benzene rings is 9. The number of carbonyl (C=O) groups is 3. The van der Waals surface area contributed by atoms with Crippen LogP contribution in [0.1, 0.15) is 181 Å². The molecule has 1 saturated heterocycles. The lowest BCUT2D eigenvalue weighted by molar-refractivity contribution is -0.118. The molecule has 11 aromatic rings. The summed E-state index contributed by atoms with van der Waals surface area (Å²) in [5.41, 5.74) is 23.9. The normalized spacial score (nSPS) is 16.0. The molecule has 4 aliphatic rings. The Kier molecular flexibility index (Phi) is 45.6. The summed E-state index contributed by atoms with van der Waals surface area (Å²) >= 11 is 11.4. The molecule has 15 rings (SSSR count). The number of ketones is 1. The number of halogens is 3. The summed E-state index contributed by atoms with van der Waals surface area (Å²) in [4.78, 5) is 42.8. The number of Topliss-reactive ketones (excluding diaryl/α,β-unsaturated/α-hetero) is 1. The molecule has 3 aliphatic carbocycles. The molecule has 7 atom stereocenters. The molecule has 8 N–H and O–H groups in total. The number of rotatable bonds is 27. The van der Waals surface area contributed by atoms with Crippen LogP contribution in [0, 0.1) is 30.5 Å². The van der Waals surface area contributed by atoms with E-state index in [4.69, 9.17) is 56.8 Å². The lowest BCUT2D eigenvalue weighted by Crippen LogP contribution is -2.37. The number of amides is 2. The van der Waals surface area contributed by atoms with Crippen molar-refractivity contribution >= 4 is 61.6 Å². The van der Waals surface area contributed by atoms with E-state index in [0.29, 0.717) is 108 Å². The first-order valence-corrected chi connectivity index (χ1v) is 45.7. The summed E-state index contributed by atoms with van der Waals surface area (Å²) in [6.45, 7) is 16.8. The fourth-order valence-electron chi connectivity index (χ4n) is 13.2. The molecule has 0 radical (unpaired) electrons. The zero-order valence-electron chi connectivity index (χ0n) is 72.9. The number of nitrogens with zero attached hydrogens (tertiary/aromatic N) is 4. The van der Waals surface area contributed by atoms with Crippen molar-refractivity contribution in [3.05, 3.63) is 338 Å². The number of aromatic nitrogens is 2. The van der Waals surface area contributed by atoms with Crippen molar-refractivity contribution < 1.29 is 36.5 Å². The van der Waals surface area contributed by atoms with Crippen molar-refractivity contribution in [3.63, 3.8) is 0 Å². The first-order chi connectivity index (χ1) is 59.9. The predicted octanol–water partition coefficient (Wildman–Crippen LogP) is 19.4. The van der Waals surface area contributed by atoms with Crippen LogP contribution in [0.4, 0.5) is 4.39 Å². The molecule has 0 spiro atoms. The minimum Gasteiger partial charge on any atom is -0.489 e. The molecule has 2 saturated carbocycles. The number of sulfone groups is 1. The maximum absolute atomic E-state index is 13.1. The zero-order valence-corrected chi connectivity index (χ0v) is 75.3. The lowest BCUT2D eigenvalue weighted by atomic mass is 10.1. The summed E-state index contributed by atoms with van der Waals surface area (Å²) in [5.74, 6) is 6.91. The number of nitrogens with one attached hydrogen (secondary N) is 4. The van der Waals surface area contributed by atoms with E-state index in [-0.39, 0.29) is 35.2 Å². The van der Waals surface area contributed by atoms with Gasteiger partial charge in [0, 0.05) is 90.6 Å². The zero-order chi connectivity index (χ0) is 89.3. The minimum absolute atomic E-state index is 0.0244. The number of piperidine rings is 1. The molecular formula is C103H125Cl2FN10O7S. The predicted molar refractivity (Wildman–Crippen MR) is 507 cm³/mol. The molecule has 2 aromatic heterocycles. The van der Waals surface area contributed by atoms with Gasteiger partial charge in [-0.1, -0.05) is 249 Å². The van der Waals surface area contributed by atoms with Crippen molar-refractivity contribution in [2.45, 2.75) is 173 Å². The number of ether oxygens (including phenoxy) is 1. The van der Waals surface area contributed by atoms with Gasteiger partial charge in [0.15, 0.2) is 15.4 Å². The third kappa shape index (κ3) is 39.5. The monoisotopic (exact) mass is 1730 g/mol. The fourth-order valence-corrected chi connectivity index (χ4v) is 14.2. The van der Waals surface area contributed by atoms with Gasteiger partial charge >= 0.3 is 0 Å². The van der Waals surface area contributed by atoms with Crippen LogP contribution < -0.4 is 37.5 Å². The number of pyridine rings is 1. The Hall–Kier alpha value is -10.7. The first-order valence-electron chi connectivity index (χ1n) is 42.9. The van der Waals surface area contributed by atoms with Gasteiger partial charge < -0.3 is 41.6 Å². The topological polar surface area (TPSA) is 240 Å². The van der Waals surface area contributed by atoms with Gasteiger partial charge in [0.05, 0.1) is 29.9 Å². The van der Waals surface area contributed by atoms with E-state index in [1.807, 2.05) is 74.5 Å². The molecule has 0 unspecified atom stereocenters. The summed E-state index contributed by atoms with van der Waals surface area (Å²) < 4.78 is 45.8. The molecule has 2 amide bonds. The molecule has 124 heavy (non-hydrogen) atoms. The molecule has 3 fully saturated rings. The van der Waals surface area contributed by atoms with E-state index in [2.05, 4.69) is 201 Å². The van der Waals surface area contributed by atoms with Crippen LogP contribution in [-0.4, -0.2) is 129 Å². The highest BCUT2D eigenvalue weighted by Crippen LogP contribution is 2.39. The highest BCUT2D eigenvalue weighted by Gasteiger charge is 2.35. The van der Waals surface area contributed by atoms with Crippen LogP contribution >= 0.6 is 23.2 Å². The van der Waals surface area contributed by atoms with Gasteiger partial charge in [-0.25, -0.2) is 17.8 Å². The highest BCUT2D eigenvalue weighted by atomic mass is 35.5. The van der Waals surface area contributed by atoms with Crippen molar-refractivity contribution in [3.8, 4) is 30.4 Å². The minimum atomic E-state index is -3.06. The van der Waals surface area contributed by atoms with Crippen LogP contribution in [0.2, 0.25) is 10.0 Å². The Morgan fingerprint density at radius 1 is 0.661 bits per heavy atom. The van der Waals surface area contributed by atoms with E-state index < -0.39 is 9.84 Å². The number of nitrogens with two attached hydrogens (primary N) is 2. The first kappa shape index (κ1) is 100. The quantitative estimate of drug-likeness (QED) is 0.0262. The number of aryl methyl sites for hydroxylation is 2. The van der Waals surface area contributed by atoms with E-state index in [1.165, 1.54) is 122 Å². The highest BCUT2D eigenvalue weighted by molar-refractivity contribution is 7.89. The number of likely N-dealkylation sites (N-methyl/N-ethyl adjacent to an activating group) is 1. The Morgan fingerprint density at radius 2 is 1.23 bits per heavy atom. The second-order valence-electron chi connectivity index (χ2n) is 31.2. The summed E-state index contributed by atoms with van der Waals surface area (Å²) in [6, 6.07) is 83.8. The van der Waals surface area contributed by atoms with Crippen molar-refractivity contribution in [1.82, 2.24) is 41.2 Å². The van der Waals surface area contributed by atoms with Crippen molar-refractivity contribution in [2.24, 2.45) is 11.5 Å². The van der Waals surface area contributed by atoms with E-state index in [0.717, 1.165) is 54.7 Å². The Morgan fingerprint density at radius 3 is 1.80 bits per heavy atom. The second-order valence-corrected chi connectivity index (χ2v) is 34.2. The van der Waals surface area contributed by atoms with Crippen LogP contribution in [0.25, 0.3) is 11.0 Å². The summed E-state index contributed by atoms with van der Waals surface area (Å²) in [6.07, 6.45) is 27.5. The Labute approximate surface area is 746 Å². The smallest absolute Gasteiger partial charge is 0.269 e. The van der Waals surface area contributed by atoms with Crippen LogP contribution in [0.15, 0.2) is 266 Å². The van der Waals surface area contributed by atoms with Gasteiger partial charge in [0.25, 0.3) is 11.8 Å². The number of hydrogen-bond donors (Lipinski definition) is 6. The molecular weight excluding hydrogens is 1610 g/mol.